The van der Waals surface area contributed by atoms with Crippen molar-refractivity contribution >= 4 is 6.29 Å². The highest BCUT2D eigenvalue weighted by Gasteiger charge is 2.42. The average Bonchev–Trinajstić information content (AvgIpc) is 2.01. The maximum absolute atomic E-state index is 12.3. The lowest BCUT2D eigenvalue weighted by molar-refractivity contribution is -0.202. The molecule has 5 heteroatoms. The second-order valence-electron chi connectivity index (χ2n) is 4.80. The fourth-order valence-electron chi connectivity index (χ4n) is 0.834. The Bertz CT molecular complexity index is 206. The van der Waals surface area contributed by atoms with Crippen LogP contribution in [0.15, 0.2) is 0 Å². The van der Waals surface area contributed by atoms with Gasteiger partial charge in [0.15, 0.2) is 0 Å². The van der Waals surface area contributed by atoms with Crippen molar-refractivity contribution in [1.29, 1.82) is 0 Å². The van der Waals surface area contributed by atoms with Crippen molar-refractivity contribution in [2.75, 3.05) is 6.61 Å². The third-order valence-electron chi connectivity index (χ3n) is 1.85. The molecule has 0 aliphatic carbocycles. The van der Waals surface area contributed by atoms with Crippen molar-refractivity contribution < 1.29 is 22.7 Å². The van der Waals surface area contributed by atoms with Crippen molar-refractivity contribution in [1.82, 2.24) is 0 Å². The summed E-state index contributed by atoms with van der Waals surface area (Å²) in [5.74, 6) is -1.77. The van der Waals surface area contributed by atoms with E-state index in [1.165, 1.54) is 0 Å². The quantitative estimate of drug-likeness (QED) is 0.689. The minimum absolute atomic E-state index is 0.122. The molecular weight excluding hydrogens is 209 g/mol. The lowest BCUT2D eigenvalue weighted by atomic mass is 9.98. The largest absolute Gasteiger partial charge is 0.394 e. The Labute approximate surface area is 87.8 Å². The summed E-state index contributed by atoms with van der Waals surface area (Å²) in [7, 11) is 0. The number of hydrogen-bond donors (Lipinski definition) is 0. The highest BCUT2D eigenvalue weighted by molar-refractivity contribution is 5.56. The standard InChI is InChI=1S/C10H17F3O2/c1-7(10(11,12)13)8(5-14)15-6-9(2,3)4/h5,7-8H,6H2,1-4H3. The van der Waals surface area contributed by atoms with Gasteiger partial charge in [0.05, 0.1) is 12.5 Å². The summed E-state index contributed by atoms with van der Waals surface area (Å²) in [6.07, 6.45) is -5.60. The molecule has 0 radical (unpaired) electrons. The molecule has 0 heterocycles. The lowest BCUT2D eigenvalue weighted by Crippen LogP contribution is -2.36. The van der Waals surface area contributed by atoms with Crippen LogP contribution in [0, 0.1) is 11.3 Å². The molecule has 0 spiro atoms. The smallest absolute Gasteiger partial charge is 0.370 e. The molecule has 0 aromatic rings. The van der Waals surface area contributed by atoms with E-state index in [-0.39, 0.29) is 18.3 Å². The van der Waals surface area contributed by atoms with Gasteiger partial charge >= 0.3 is 6.18 Å². The monoisotopic (exact) mass is 226 g/mol. The van der Waals surface area contributed by atoms with Gasteiger partial charge in [0, 0.05) is 0 Å². The highest BCUT2D eigenvalue weighted by atomic mass is 19.4. The fourth-order valence-corrected chi connectivity index (χ4v) is 0.834. The number of carbonyl (C=O) groups excluding carboxylic acids is 1. The predicted molar refractivity (Wildman–Crippen MR) is 50.5 cm³/mol. The first kappa shape index (κ1) is 14.4. The predicted octanol–water partition coefficient (Wildman–Crippen LogP) is 2.82. The molecule has 0 aromatic heterocycles. The maximum Gasteiger partial charge on any atom is 0.394 e. The zero-order valence-electron chi connectivity index (χ0n) is 9.39. The fraction of sp³-hybridized carbons (Fsp3) is 0.900. The van der Waals surface area contributed by atoms with Crippen LogP contribution >= 0.6 is 0 Å². The van der Waals surface area contributed by atoms with E-state index in [0.29, 0.717) is 0 Å². The zero-order chi connectivity index (χ0) is 12.3. The third-order valence-corrected chi connectivity index (χ3v) is 1.85. The van der Waals surface area contributed by atoms with Crippen LogP contribution in [0.3, 0.4) is 0 Å². The van der Waals surface area contributed by atoms with Crippen LogP contribution in [0.1, 0.15) is 27.7 Å². The first-order valence-corrected chi connectivity index (χ1v) is 4.71. The molecule has 0 bridgehead atoms. The summed E-state index contributed by atoms with van der Waals surface area (Å²) in [6.45, 7) is 6.55. The van der Waals surface area contributed by atoms with Gasteiger partial charge in [0.25, 0.3) is 0 Å². The van der Waals surface area contributed by atoms with E-state index in [0.717, 1.165) is 6.92 Å². The summed E-state index contributed by atoms with van der Waals surface area (Å²) in [5, 5.41) is 0. The van der Waals surface area contributed by atoms with Gasteiger partial charge in [0.1, 0.15) is 12.4 Å². The highest BCUT2D eigenvalue weighted by Crippen LogP contribution is 2.29. The van der Waals surface area contributed by atoms with Crippen LogP contribution in [0.4, 0.5) is 13.2 Å². The Hall–Kier alpha value is -0.580. The van der Waals surface area contributed by atoms with E-state index in [9.17, 15) is 18.0 Å². The molecular formula is C10H17F3O2. The van der Waals surface area contributed by atoms with Gasteiger partial charge in [-0.1, -0.05) is 27.7 Å². The summed E-state index contributed by atoms with van der Waals surface area (Å²) in [6, 6.07) is 0. The van der Waals surface area contributed by atoms with Crippen molar-refractivity contribution in [3.8, 4) is 0 Å². The summed E-state index contributed by atoms with van der Waals surface area (Å²) < 4.78 is 41.8. The molecule has 0 amide bonds. The number of rotatable bonds is 4. The normalized spacial score (nSPS) is 17.3. The molecule has 2 unspecified atom stereocenters. The zero-order valence-corrected chi connectivity index (χ0v) is 9.39. The Morgan fingerprint density at radius 2 is 1.73 bits per heavy atom. The molecule has 2 atom stereocenters. The molecule has 0 N–H and O–H groups in total. The molecule has 0 saturated carbocycles. The second-order valence-corrected chi connectivity index (χ2v) is 4.80. The first-order valence-electron chi connectivity index (χ1n) is 4.71. The van der Waals surface area contributed by atoms with Gasteiger partial charge in [-0.2, -0.15) is 13.2 Å². The van der Waals surface area contributed by atoms with E-state index in [1.54, 1.807) is 0 Å². The van der Waals surface area contributed by atoms with Crippen LogP contribution < -0.4 is 0 Å². The molecule has 15 heavy (non-hydrogen) atoms. The Balaban J connectivity index is 4.33. The van der Waals surface area contributed by atoms with Crippen LogP contribution in [0.2, 0.25) is 0 Å². The molecule has 0 aliphatic rings. The Morgan fingerprint density at radius 3 is 2.00 bits per heavy atom. The topological polar surface area (TPSA) is 26.3 Å². The van der Waals surface area contributed by atoms with E-state index in [4.69, 9.17) is 4.74 Å². The van der Waals surface area contributed by atoms with E-state index >= 15 is 0 Å². The summed E-state index contributed by atoms with van der Waals surface area (Å²) in [4.78, 5) is 10.5. The SMILES string of the molecule is CC(C(C=O)OCC(C)(C)C)C(F)(F)F. The second kappa shape index (κ2) is 4.96. The molecule has 0 fully saturated rings. The van der Waals surface area contributed by atoms with Crippen LogP contribution in [0.5, 0.6) is 0 Å². The van der Waals surface area contributed by atoms with Gasteiger partial charge in [-0.15, -0.1) is 0 Å². The number of hydrogen-bond acceptors (Lipinski definition) is 2. The van der Waals surface area contributed by atoms with Crippen LogP contribution in [-0.2, 0) is 9.53 Å². The third kappa shape index (κ3) is 5.77. The number of alkyl halides is 3. The lowest BCUT2D eigenvalue weighted by Gasteiger charge is -2.25. The van der Waals surface area contributed by atoms with Gasteiger partial charge in [0.2, 0.25) is 0 Å². The number of aldehydes is 1. The summed E-state index contributed by atoms with van der Waals surface area (Å²) in [5.41, 5.74) is -0.257. The van der Waals surface area contributed by atoms with Crippen LogP contribution in [-0.4, -0.2) is 25.2 Å². The molecule has 0 rings (SSSR count). The van der Waals surface area contributed by atoms with Gasteiger partial charge in [-0.05, 0) is 5.41 Å². The maximum atomic E-state index is 12.3. The van der Waals surface area contributed by atoms with Crippen molar-refractivity contribution in [2.45, 2.75) is 40.0 Å². The van der Waals surface area contributed by atoms with Crippen LogP contribution in [0.25, 0.3) is 0 Å². The molecule has 2 nitrogen and oxygen atoms in total. The minimum atomic E-state index is -4.40. The van der Waals surface area contributed by atoms with E-state index in [2.05, 4.69) is 0 Å². The number of carbonyl (C=O) groups is 1. The van der Waals surface area contributed by atoms with Gasteiger partial charge < -0.3 is 9.53 Å². The first-order chi connectivity index (χ1) is 6.58. The molecule has 0 aliphatic heterocycles. The molecule has 0 saturated heterocycles. The number of halogens is 3. The minimum Gasteiger partial charge on any atom is -0.370 e. The van der Waals surface area contributed by atoms with Crippen molar-refractivity contribution in [3.05, 3.63) is 0 Å². The average molecular weight is 226 g/mol. The molecule has 90 valence electrons. The van der Waals surface area contributed by atoms with E-state index in [1.807, 2.05) is 20.8 Å². The van der Waals surface area contributed by atoms with Gasteiger partial charge in [-0.3, -0.25) is 0 Å². The number of ether oxygens (including phenoxy) is 1. The Kier molecular flexibility index (Phi) is 4.77. The van der Waals surface area contributed by atoms with Crippen molar-refractivity contribution in [2.24, 2.45) is 11.3 Å². The Morgan fingerprint density at radius 1 is 1.27 bits per heavy atom. The van der Waals surface area contributed by atoms with Gasteiger partial charge in [-0.25, -0.2) is 0 Å². The molecule has 0 aromatic carbocycles. The summed E-state index contributed by atoms with van der Waals surface area (Å²) >= 11 is 0. The van der Waals surface area contributed by atoms with Crippen molar-refractivity contribution in [3.63, 3.8) is 0 Å². The van der Waals surface area contributed by atoms with E-state index < -0.39 is 18.2 Å².